The molecule has 2 atom stereocenters. The van der Waals surface area contributed by atoms with Crippen molar-refractivity contribution in [3.63, 3.8) is 0 Å². The number of hydrogen-bond acceptors (Lipinski definition) is 7. The molecule has 0 aliphatic heterocycles. The number of esters is 2. The zero-order valence-corrected chi connectivity index (χ0v) is 11.5. The first-order chi connectivity index (χ1) is 9.81. The van der Waals surface area contributed by atoms with E-state index in [-0.39, 0.29) is 25.9 Å². The van der Waals surface area contributed by atoms with Crippen LogP contribution in [0.25, 0.3) is 0 Å². The van der Waals surface area contributed by atoms with Crippen molar-refractivity contribution in [2.75, 3.05) is 13.1 Å². The summed E-state index contributed by atoms with van der Waals surface area (Å²) in [5, 5.41) is 17.7. The van der Waals surface area contributed by atoms with Gasteiger partial charge in [0.15, 0.2) is 0 Å². The first-order valence-electron chi connectivity index (χ1n) is 6.41. The van der Waals surface area contributed by atoms with Crippen molar-refractivity contribution in [1.29, 1.82) is 0 Å². The highest BCUT2D eigenvalue weighted by molar-refractivity contribution is 5.89. The molecule has 0 saturated heterocycles. The van der Waals surface area contributed by atoms with E-state index in [4.69, 9.17) is 21.7 Å². The Labute approximate surface area is 121 Å². The number of carboxylic acid groups (broad SMARTS) is 2. The van der Waals surface area contributed by atoms with Crippen LogP contribution >= 0.6 is 0 Å². The van der Waals surface area contributed by atoms with E-state index in [0.717, 1.165) is 0 Å². The van der Waals surface area contributed by atoms with E-state index in [1.807, 2.05) is 0 Å². The van der Waals surface area contributed by atoms with Gasteiger partial charge < -0.3 is 26.4 Å². The topological polar surface area (TPSA) is 170 Å². The summed E-state index contributed by atoms with van der Waals surface area (Å²) in [5.41, 5.74) is 10.4. The normalized spacial score (nSPS) is 13.2. The third kappa shape index (κ3) is 8.00. The smallest absolute Gasteiger partial charge is 0.314 e. The van der Waals surface area contributed by atoms with Crippen molar-refractivity contribution in [2.24, 2.45) is 23.3 Å². The zero-order valence-electron chi connectivity index (χ0n) is 11.5. The number of aliphatic carboxylic acids is 2. The number of ether oxygens (including phenoxy) is 1. The van der Waals surface area contributed by atoms with Crippen molar-refractivity contribution >= 4 is 23.9 Å². The van der Waals surface area contributed by atoms with Crippen LogP contribution in [-0.4, -0.2) is 47.2 Å². The maximum Gasteiger partial charge on any atom is 0.314 e. The predicted octanol–water partition coefficient (Wildman–Crippen LogP) is -1.06. The lowest BCUT2D eigenvalue weighted by molar-refractivity contribution is -0.164. The summed E-state index contributed by atoms with van der Waals surface area (Å²) >= 11 is 0. The number of hydrogen-bond donors (Lipinski definition) is 4. The number of nitrogens with two attached hydrogens (primary N) is 2. The third-order valence-electron chi connectivity index (χ3n) is 2.78. The van der Waals surface area contributed by atoms with E-state index >= 15 is 0 Å². The van der Waals surface area contributed by atoms with Crippen LogP contribution in [0.1, 0.15) is 25.7 Å². The van der Waals surface area contributed by atoms with Crippen LogP contribution in [-0.2, 0) is 23.9 Å². The maximum absolute atomic E-state index is 11.4. The van der Waals surface area contributed by atoms with Crippen LogP contribution < -0.4 is 11.5 Å². The van der Waals surface area contributed by atoms with E-state index in [9.17, 15) is 19.2 Å². The SMILES string of the molecule is NCCC(CC(=O)OC(=O)CC(CCN)C(=O)O)C(=O)O. The number of carbonyl (C=O) groups excluding carboxylic acids is 2. The average molecular weight is 304 g/mol. The van der Waals surface area contributed by atoms with E-state index < -0.39 is 48.6 Å². The molecule has 2 unspecified atom stereocenters. The van der Waals surface area contributed by atoms with Crippen LogP contribution in [0.2, 0.25) is 0 Å². The molecule has 0 rings (SSSR count). The van der Waals surface area contributed by atoms with E-state index in [2.05, 4.69) is 4.74 Å². The molecule has 0 spiro atoms. The van der Waals surface area contributed by atoms with Crippen molar-refractivity contribution < 1.29 is 34.1 Å². The molecule has 0 aromatic rings. The van der Waals surface area contributed by atoms with Gasteiger partial charge in [-0.15, -0.1) is 0 Å². The molecule has 0 radical (unpaired) electrons. The van der Waals surface area contributed by atoms with Crippen LogP contribution in [0.3, 0.4) is 0 Å². The van der Waals surface area contributed by atoms with Gasteiger partial charge in [-0.25, -0.2) is 0 Å². The van der Waals surface area contributed by atoms with Gasteiger partial charge in [-0.2, -0.15) is 0 Å². The van der Waals surface area contributed by atoms with Crippen molar-refractivity contribution in [3.8, 4) is 0 Å². The highest BCUT2D eigenvalue weighted by atomic mass is 16.6. The Bertz CT molecular complexity index is 361. The fourth-order valence-electron chi connectivity index (χ4n) is 1.64. The molecule has 6 N–H and O–H groups in total. The second-order valence-electron chi connectivity index (χ2n) is 4.48. The molecule has 9 heteroatoms. The van der Waals surface area contributed by atoms with Crippen LogP contribution in [0.15, 0.2) is 0 Å². The molecule has 9 nitrogen and oxygen atoms in total. The number of carbonyl (C=O) groups is 4. The molecular formula is C12H20N2O7. The number of rotatable bonds is 10. The van der Waals surface area contributed by atoms with E-state index in [1.165, 1.54) is 0 Å². The Hall–Kier alpha value is -2.00. The Balaban J connectivity index is 4.39. The minimum Gasteiger partial charge on any atom is -0.481 e. The molecule has 0 aliphatic rings. The minimum absolute atomic E-state index is 0.0730. The van der Waals surface area contributed by atoms with Crippen LogP contribution in [0, 0.1) is 11.8 Å². The first-order valence-corrected chi connectivity index (χ1v) is 6.41. The van der Waals surface area contributed by atoms with E-state index in [1.54, 1.807) is 0 Å². The summed E-state index contributed by atoms with van der Waals surface area (Å²) in [4.78, 5) is 44.5. The molecule has 0 aromatic heterocycles. The maximum atomic E-state index is 11.4. The molecule has 0 amide bonds. The molecule has 0 heterocycles. The number of carboxylic acids is 2. The molecule has 0 aliphatic carbocycles. The lowest BCUT2D eigenvalue weighted by Gasteiger charge is -2.12. The molecule has 120 valence electrons. The van der Waals surface area contributed by atoms with Crippen LogP contribution in [0.5, 0.6) is 0 Å². The summed E-state index contributed by atoms with van der Waals surface area (Å²) in [5.74, 6) is -6.52. The molecule has 0 aromatic carbocycles. The summed E-state index contributed by atoms with van der Waals surface area (Å²) < 4.78 is 4.42. The summed E-state index contributed by atoms with van der Waals surface area (Å²) in [6.07, 6.45) is -0.840. The standard InChI is InChI=1S/C12H20N2O7/c13-3-1-7(11(17)18)5-9(15)21-10(16)6-8(2-4-14)12(19)20/h7-8H,1-6,13-14H2,(H,17,18)(H,19,20). The second-order valence-corrected chi connectivity index (χ2v) is 4.48. The largest absolute Gasteiger partial charge is 0.481 e. The average Bonchev–Trinajstić information content (AvgIpc) is 2.37. The molecule has 0 bridgehead atoms. The Morgan fingerprint density at radius 1 is 0.810 bits per heavy atom. The highest BCUT2D eigenvalue weighted by Gasteiger charge is 2.26. The lowest BCUT2D eigenvalue weighted by atomic mass is 10.0. The van der Waals surface area contributed by atoms with Gasteiger partial charge in [0.25, 0.3) is 0 Å². The minimum atomic E-state index is -1.21. The van der Waals surface area contributed by atoms with Gasteiger partial charge in [-0.1, -0.05) is 0 Å². The van der Waals surface area contributed by atoms with Gasteiger partial charge >= 0.3 is 23.9 Å². The third-order valence-corrected chi connectivity index (χ3v) is 2.78. The Morgan fingerprint density at radius 3 is 1.38 bits per heavy atom. The fourth-order valence-corrected chi connectivity index (χ4v) is 1.64. The van der Waals surface area contributed by atoms with Crippen LogP contribution in [0.4, 0.5) is 0 Å². The molecule has 0 fully saturated rings. The molecule has 0 saturated carbocycles. The second kappa shape index (κ2) is 9.83. The molecule has 21 heavy (non-hydrogen) atoms. The monoisotopic (exact) mass is 304 g/mol. The first kappa shape index (κ1) is 19.0. The Morgan fingerprint density at radius 2 is 1.14 bits per heavy atom. The summed E-state index contributed by atoms with van der Waals surface area (Å²) in [6, 6.07) is 0. The van der Waals surface area contributed by atoms with Gasteiger partial charge in [0.2, 0.25) is 0 Å². The summed E-state index contributed by atoms with van der Waals surface area (Å²) in [6.45, 7) is 0.158. The highest BCUT2D eigenvalue weighted by Crippen LogP contribution is 2.12. The van der Waals surface area contributed by atoms with Crippen molar-refractivity contribution in [3.05, 3.63) is 0 Å². The van der Waals surface area contributed by atoms with Gasteiger partial charge in [-0.05, 0) is 25.9 Å². The fraction of sp³-hybridized carbons (Fsp3) is 0.667. The van der Waals surface area contributed by atoms with Crippen molar-refractivity contribution in [2.45, 2.75) is 25.7 Å². The van der Waals surface area contributed by atoms with Gasteiger partial charge in [0.1, 0.15) is 0 Å². The van der Waals surface area contributed by atoms with Crippen molar-refractivity contribution in [1.82, 2.24) is 0 Å². The molecular weight excluding hydrogens is 284 g/mol. The van der Waals surface area contributed by atoms with Gasteiger partial charge in [-0.3, -0.25) is 19.2 Å². The lowest BCUT2D eigenvalue weighted by Crippen LogP contribution is -2.26. The Kier molecular flexibility index (Phi) is 8.90. The summed E-state index contributed by atoms with van der Waals surface area (Å²) in [7, 11) is 0. The zero-order chi connectivity index (χ0) is 16.4. The predicted molar refractivity (Wildman–Crippen MR) is 69.9 cm³/mol. The van der Waals surface area contributed by atoms with Gasteiger partial charge in [0, 0.05) is 0 Å². The van der Waals surface area contributed by atoms with E-state index in [0.29, 0.717) is 0 Å². The quantitative estimate of drug-likeness (QED) is 0.290. The van der Waals surface area contributed by atoms with Gasteiger partial charge in [0.05, 0.1) is 24.7 Å².